The van der Waals surface area contributed by atoms with Crippen molar-refractivity contribution in [2.45, 2.75) is 24.9 Å². The topological polar surface area (TPSA) is 49.4 Å². The molecule has 1 heterocycles. The van der Waals surface area contributed by atoms with Crippen molar-refractivity contribution in [3.05, 3.63) is 95.1 Å². The lowest BCUT2D eigenvalue weighted by atomic mass is 10.1. The molecule has 4 rings (SSSR count). The minimum Gasteiger partial charge on any atom is -0.348 e. The highest BCUT2D eigenvalue weighted by atomic mass is 32.2. The number of rotatable bonds is 5. The van der Waals surface area contributed by atoms with Crippen LogP contribution >= 0.6 is 11.8 Å². The molecule has 4 nitrogen and oxygen atoms in total. The number of fused-ring (bicyclic) bond motifs is 1. The van der Waals surface area contributed by atoms with Gasteiger partial charge in [-0.2, -0.15) is 0 Å². The standard InChI is InChI=1S/C24H22N2O2S/c1-17-6-5-9-19(12-17)14-25-24(28)20-10-11-22-21(13-20)26(23(27)16-29-22)15-18-7-3-2-4-8-18/h2-13H,14-16H2,1H3,(H,25,28). The second kappa shape index (κ2) is 8.53. The predicted octanol–water partition coefficient (Wildman–Crippen LogP) is 4.56. The maximum absolute atomic E-state index is 12.7. The lowest BCUT2D eigenvalue weighted by molar-refractivity contribution is -0.116. The molecule has 0 atom stereocenters. The van der Waals surface area contributed by atoms with Crippen LogP contribution in [-0.4, -0.2) is 17.6 Å². The van der Waals surface area contributed by atoms with Crippen LogP contribution in [0.5, 0.6) is 0 Å². The first-order valence-electron chi connectivity index (χ1n) is 9.55. The van der Waals surface area contributed by atoms with E-state index in [0.717, 1.165) is 27.3 Å². The second-order valence-corrected chi connectivity index (χ2v) is 8.13. The number of nitrogens with zero attached hydrogens (tertiary/aromatic N) is 1. The fourth-order valence-electron chi connectivity index (χ4n) is 3.39. The van der Waals surface area contributed by atoms with E-state index in [2.05, 4.69) is 11.4 Å². The Bertz CT molecular complexity index is 1050. The summed E-state index contributed by atoms with van der Waals surface area (Å²) >= 11 is 1.52. The van der Waals surface area contributed by atoms with Crippen LogP contribution in [0.2, 0.25) is 0 Å². The Hall–Kier alpha value is -3.05. The van der Waals surface area contributed by atoms with Crippen LogP contribution in [-0.2, 0) is 17.9 Å². The predicted molar refractivity (Wildman–Crippen MR) is 117 cm³/mol. The van der Waals surface area contributed by atoms with Crippen molar-refractivity contribution in [3.8, 4) is 0 Å². The summed E-state index contributed by atoms with van der Waals surface area (Å²) in [5.41, 5.74) is 4.65. The van der Waals surface area contributed by atoms with E-state index in [0.29, 0.717) is 24.4 Å². The Morgan fingerprint density at radius 1 is 1.00 bits per heavy atom. The fraction of sp³-hybridized carbons (Fsp3) is 0.167. The van der Waals surface area contributed by atoms with Crippen LogP contribution in [0.4, 0.5) is 5.69 Å². The van der Waals surface area contributed by atoms with Gasteiger partial charge in [0.15, 0.2) is 0 Å². The van der Waals surface area contributed by atoms with E-state index in [4.69, 9.17) is 0 Å². The SMILES string of the molecule is Cc1cccc(CNC(=O)c2ccc3c(c2)N(Cc2ccccc2)C(=O)CS3)c1. The molecular formula is C24H22N2O2S. The number of thioether (sulfide) groups is 1. The zero-order chi connectivity index (χ0) is 20.2. The monoisotopic (exact) mass is 402 g/mol. The molecule has 0 bridgehead atoms. The summed E-state index contributed by atoms with van der Waals surface area (Å²) in [5.74, 6) is 0.333. The lowest BCUT2D eigenvalue weighted by Crippen LogP contribution is -2.35. The van der Waals surface area contributed by atoms with Crippen LogP contribution in [0.15, 0.2) is 77.7 Å². The maximum atomic E-state index is 12.7. The average molecular weight is 403 g/mol. The lowest BCUT2D eigenvalue weighted by Gasteiger charge is -2.29. The molecule has 29 heavy (non-hydrogen) atoms. The van der Waals surface area contributed by atoms with Crippen molar-refractivity contribution in [2.75, 3.05) is 10.7 Å². The molecule has 0 aromatic heterocycles. The van der Waals surface area contributed by atoms with Crippen molar-refractivity contribution in [1.82, 2.24) is 5.32 Å². The summed E-state index contributed by atoms with van der Waals surface area (Å²) in [4.78, 5) is 28.1. The van der Waals surface area contributed by atoms with Gasteiger partial charge in [-0.05, 0) is 36.2 Å². The quantitative estimate of drug-likeness (QED) is 0.680. The highest BCUT2D eigenvalue weighted by molar-refractivity contribution is 8.00. The summed E-state index contributed by atoms with van der Waals surface area (Å²) in [6.45, 7) is 3.01. The van der Waals surface area contributed by atoms with Gasteiger partial charge >= 0.3 is 0 Å². The molecule has 146 valence electrons. The Balaban J connectivity index is 1.54. The number of hydrogen-bond acceptors (Lipinski definition) is 3. The van der Waals surface area contributed by atoms with Gasteiger partial charge < -0.3 is 10.2 Å². The van der Waals surface area contributed by atoms with Gasteiger partial charge in [0, 0.05) is 17.0 Å². The van der Waals surface area contributed by atoms with E-state index >= 15 is 0 Å². The number of carbonyl (C=O) groups excluding carboxylic acids is 2. The maximum Gasteiger partial charge on any atom is 0.251 e. The van der Waals surface area contributed by atoms with Gasteiger partial charge in [0.25, 0.3) is 5.91 Å². The number of anilines is 1. The Labute approximate surface area is 174 Å². The molecular weight excluding hydrogens is 380 g/mol. The van der Waals surface area contributed by atoms with Crippen molar-refractivity contribution in [3.63, 3.8) is 0 Å². The Morgan fingerprint density at radius 2 is 1.79 bits per heavy atom. The highest BCUT2D eigenvalue weighted by Gasteiger charge is 2.26. The molecule has 3 aromatic rings. The molecule has 0 fully saturated rings. The van der Waals surface area contributed by atoms with Gasteiger partial charge in [0.05, 0.1) is 18.0 Å². The number of hydrogen-bond donors (Lipinski definition) is 1. The zero-order valence-corrected chi connectivity index (χ0v) is 17.0. The van der Waals surface area contributed by atoms with Gasteiger partial charge in [-0.3, -0.25) is 9.59 Å². The van der Waals surface area contributed by atoms with Gasteiger partial charge in [-0.15, -0.1) is 11.8 Å². The van der Waals surface area contributed by atoms with Crippen LogP contribution in [0.1, 0.15) is 27.0 Å². The van der Waals surface area contributed by atoms with Crippen LogP contribution < -0.4 is 10.2 Å². The van der Waals surface area contributed by atoms with Gasteiger partial charge in [-0.1, -0.05) is 60.2 Å². The first kappa shape index (κ1) is 19.3. The van der Waals surface area contributed by atoms with E-state index in [1.165, 1.54) is 11.8 Å². The van der Waals surface area contributed by atoms with Gasteiger partial charge in [0.1, 0.15) is 0 Å². The summed E-state index contributed by atoms with van der Waals surface area (Å²) in [5, 5.41) is 2.98. The van der Waals surface area contributed by atoms with E-state index in [-0.39, 0.29) is 11.8 Å². The number of benzene rings is 3. The molecule has 0 aliphatic carbocycles. The molecule has 0 radical (unpaired) electrons. The number of nitrogens with one attached hydrogen (secondary N) is 1. The van der Waals surface area contributed by atoms with Crippen LogP contribution in [0.3, 0.4) is 0 Å². The molecule has 0 saturated carbocycles. The van der Waals surface area contributed by atoms with Gasteiger partial charge in [-0.25, -0.2) is 0 Å². The highest BCUT2D eigenvalue weighted by Crippen LogP contribution is 2.36. The average Bonchev–Trinajstić information content (AvgIpc) is 2.74. The molecule has 1 N–H and O–H groups in total. The largest absolute Gasteiger partial charge is 0.348 e. The Kier molecular flexibility index (Phi) is 5.67. The molecule has 0 unspecified atom stereocenters. The van der Waals surface area contributed by atoms with Crippen molar-refractivity contribution in [1.29, 1.82) is 0 Å². The summed E-state index contributed by atoms with van der Waals surface area (Å²) in [6, 6.07) is 23.6. The molecule has 0 saturated heterocycles. The Morgan fingerprint density at radius 3 is 2.59 bits per heavy atom. The molecule has 3 aromatic carbocycles. The first-order chi connectivity index (χ1) is 14.1. The smallest absolute Gasteiger partial charge is 0.251 e. The third kappa shape index (κ3) is 4.51. The summed E-state index contributed by atoms with van der Waals surface area (Å²) in [7, 11) is 0. The van der Waals surface area contributed by atoms with E-state index < -0.39 is 0 Å². The minimum absolute atomic E-state index is 0.0590. The second-order valence-electron chi connectivity index (χ2n) is 7.11. The zero-order valence-electron chi connectivity index (χ0n) is 16.2. The van der Waals surface area contributed by atoms with E-state index in [1.54, 1.807) is 4.90 Å². The summed E-state index contributed by atoms with van der Waals surface area (Å²) < 4.78 is 0. The molecule has 5 heteroatoms. The van der Waals surface area contributed by atoms with Crippen molar-refractivity contribution in [2.24, 2.45) is 0 Å². The number of aryl methyl sites for hydroxylation is 1. The third-order valence-corrected chi connectivity index (χ3v) is 5.93. The minimum atomic E-state index is -0.142. The van der Waals surface area contributed by atoms with Gasteiger partial charge in [0.2, 0.25) is 5.91 Å². The molecule has 0 spiro atoms. The molecule has 1 aliphatic rings. The van der Waals surface area contributed by atoms with Crippen LogP contribution in [0.25, 0.3) is 0 Å². The summed E-state index contributed by atoms with van der Waals surface area (Å²) in [6.07, 6.45) is 0. The normalized spacial score (nSPS) is 13.1. The van der Waals surface area contributed by atoms with Crippen LogP contribution in [0, 0.1) is 6.92 Å². The number of carbonyl (C=O) groups is 2. The molecule has 2 amide bonds. The molecule has 1 aliphatic heterocycles. The number of amides is 2. The van der Waals surface area contributed by atoms with Crippen molar-refractivity contribution >= 4 is 29.3 Å². The van der Waals surface area contributed by atoms with Crippen molar-refractivity contribution < 1.29 is 9.59 Å². The van der Waals surface area contributed by atoms with E-state index in [9.17, 15) is 9.59 Å². The third-order valence-electron chi connectivity index (χ3n) is 4.88. The van der Waals surface area contributed by atoms with E-state index in [1.807, 2.05) is 73.7 Å². The fourth-order valence-corrected chi connectivity index (χ4v) is 4.31. The first-order valence-corrected chi connectivity index (χ1v) is 10.5.